The normalized spacial score (nSPS) is 9.33. The van der Waals surface area contributed by atoms with Crippen LogP contribution >= 0.6 is 15.9 Å². The lowest BCUT2D eigenvalue weighted by Crippen LogP contribution is -2.32. The van der Waals surface area contributed by atoms with E-state index in [-0.39, 0.29) is 23.1 Å². The van der Waals surface area contributed by atoms with E-state index in [2.05, 4.69) is 26.2 Å². The van der Waals surface area contributed by atoms with Gasteiger partial charge in [-0.3, -0.25) is 14.2 Å². The fourth-order valence-electron chi connectivity index (χ4n) is 0.885. The highest BCUT2D eigenvalue weighted by atomic mass is 79.9. The molecule has 0 saturated carbocycles. The summed E-state index contributed by atoms with van der Waals surface area (Å²) in [4.78, 5) is 26.3. The Labute approximate surface area is 93.7 Å². The first-order valence-electron chi connectivity index (χ1n) is 3.98. The van der Waals surface area contributed by atoms with Crippen LogP contribution in [0.4, 0.5) is 0 Å². The van der Waals surface area contributed by atoms with Crippen LogP contribution in [0.1, 0.15) is 0 Å². The smallest absolute Gasteiger partial charge is 0.268 e. The minimum atomic E-state index is -0.404. The van der Waals surface area contributed by atoms with Gasteiger partial charge >= 0.3 is 0 Å². The van der Waals surface area contributed by atoms with E-state index in [1.165, 1.54) is 12.5 Å². The molecule has 0 atom stereocenters. The molecular weight excluding hydrogens is 264 g/mol. The number of amides is 1. The molecule has 1 aromatic heterocycles. The van der Waals surface area contributed by atoms with Gasteiger partial charge in [-0.25, -0.2) is 4.98 Å². The van der Waals surface area contributed by atoms with Crippen LogP contribution in [0.15, 0.2) is 21.8 Å². The van der Waals surface area contributed by atoms with Gasteiger partial charge in [0.1, 0.15) is 17.6 Å². The molecule has 78 valence electrons. The molecule has 1 heterocycles. The summed E-state index contributed by atoms with van der Waals surface area (Å²) in [5.74, 6) is -0.404. The Morgan fingerprint density at radius 3 is 3.13 bits per heavy atom. The molecule has 0 saturated heterocycles. The van der Waals surface area contributed by atoms with Gasteiger partial charge in [-0.15, -0.1) is 0 Å². The minimum absolute atomic E-state index is 0.0744. The maximum absolute atomic E-state index is 11.4. The summed E-state index contributed by atoms with van der Waals surface area (Å²) in [5.41, 5.74) is -0.336. The molecule has 0 aliphatic rings. The molecule has 1 aromatic rings. The number of nitrogens with zero attached hydrogens (tertiary/aromatic N) is 3. The highest BCUT2D eigenvalue weighted by Crippen LogP contribution is 1.97. The van der Waals surface area contributed by atoms with Crippen molar-refractivity contribution in [2.45, 2.75) is 6.54 Å². The predicted molar refractivity (Wildman–Crippen MR) is 54.8 cm³/mol. The van der Waals surface area contributed by atoms with Crippen molar-refractivity contribution in [3.63, 3.8) is 0 Å². The predicted octanol–water partition coefficient (Wildman–Crippen LogP) is -0.354. The Balaban J connectivity index is 2.74. The number of hydrogen-bond acceptors (Lipinski definition) is 4. The average Bonchev–Trinajstić information content (AvgIpc) is 2.22. The maximum Gasteiger partial charge on any atom is 0.268 e. The van der Waals surface area contributed by atoms with Crippen LogP contribution < -0.4 is 10.9 Å². The van der Waals surface area contributed by atoms with Crippen LogP contribution in [0.25, 0.3) is 0 Å². The number of rotatable bonds is 3. The van der Waals surface area contributed by atoms with Gasteiger partial charge < -0.3 is 5.32 Å². The third kappa shape index (κ3) is 3.18. The summed E-state index contributed by atoms with van der Waals surface area (Å²) in [6.07, 6.45) is 2.62. The summed E-state index contributed by atoms with van der Waals surface area (Å²) in [7, 11) is 0. The number of nitriles is 1. The van der Waals surface area contributed by atoms with E-state index in [9.17, 15) is 9.59 Å². The lowest BCUT2D eigenvalue weighted by atomic mass is 10.5. The van der Waals surface area contributed by atoms with E-state index in [0.717, 1.165) is 4.57 Å². The summed E-state index contributed by atoms with van der Waals surface area (Å²) in [6, 6.07) is 1.77. The van der Waals surface area contributed by atoms with Crippen molar-refractivity contribution >= 4 is 21.8 Å². The topological polar surface area (TPSA) is 87.8 Å². The van der Waals surface area contributed by atoms with Gasteiger partial charge in [0.25, 0.3) is 5.56 Å². The van der Waals surface area contributed by atoms with Gasteiger partial charge in [-0.1, -0.05) is 0 Å². The minimum Gasteiger partial charge on any atom is -0.341 e. The van der Waals surface area contributed by atoms with Gasteiger partial charge in [-0.2, -0.15) is 5.26 Å². The quantitative estimate of drug-likeness (QED) is 0.761. The highest BCUT2D eigenvalue weighted by molar-refractivity contribution is 9.10. The Morgan fingerprint density at radius 1 is 1.73 bits per heavy atom. The molecule has 1 N–H and O–H groups in total. The Kier molecular flexibility index (Phi) is 4.00. The van der Waals surface area contributed by atoms with Crippen LogP contribution in [0.5, 0.6) is 0 Å². The number of hydrogen-bond donors (Lipinski definition) is 1. The van der Waals surface area contributed by atoms with Crippen molar-refractivity contribution in [1.82, 2.24) is 14.9 Å². The number of nitrogens with one attached hydrogen (secondary N) is 1. The lowest BCUT2D eigenvalue weighted by molar-refractivity contribution is -0.121. The number of carbonyl (C=O) groups is 1. The average molecular weight is 271 g/mol. The third-order valence-electron chi connectivity index (χ3n) is 1.54. The van der Waals surface area contributed by atoms with Crippen LogP contribution in [0, 0.1) is 11.3 Å². The van der Waals surface area contributed by atoms with Crippen molar-refractivity contribution < 1.29 is 4.79 Å². The summed E-state index contributed by atoms with van der Waals surface area (Å²) in [5, 5.41) is 10.6. The largest absolute Gasteiger partial charge is 0.341 e. The highest BCUT2D eigenvalue weighted by Gasteiger charge is 2.05. The fourth-order valence-corrected chi connectivity index (χ4v) is 1.23. The monoisotopic (exact) mass is 270 g/mol. The van der Waals surface area contributed by atoms with Crippen LogP contribution in [-0.2, 0) is 11.3 Å². The standard InChI is InChI=1S/C8H7BrN4O2/c9-6-3-11-5-13(8(6)15)4-7(14)12-2-1-10/h3,5H,2,4H2,(H,12,14). The maximum atomic E-state index is 11.4. The fraction of sp³-hybridized carbons (Fsp3) is 0.250. The molecule has 0 aliphatic carbocycles. The molecule has 0 aromatic carbocycles. The van der Waals surface area contributed by atoms with Crippen LogP contribution in [0.2, 0.25) is 0 Å². The Morgan fingerprint density at radius 2 is 2.47 bits per heavy atom. The van der Waals surface area contributed by atoms with Crippen molar-refractivity contribution in [3.8, 4) is 6.07 Å². The van der Waals surface area contributed by atoms with Crippen LogP contribution in [-0.4, -0.2) is 22.0 Å². The van der Waals surface area contributed by atoms with Gasteiger partial charge in [-0.05, 0) is 15.9 Å². The molecule has 1 amide bonds. The first-order chi connectivity index (χ1) is 7.15. The van der Waals surface area contributed by atoms with Crippen molar-refractivity contribution in [2.75, 3.05) is 6.54 Å². The molecule has 0 bridgehead atoms. The van der Waals surface area contributed by atoms with Gasteiger partial charge in [0.2, 0.25) is 5.91 Å². The van der Waals surface area contributed by atoms with E-state index in [1.807, 2.05) is 0 Å². The molecule has 7 heteroatoms. The van der Waals surface area contributed by atoms with E-state index in [0.29, 0.717) is 0 Å². The molecule has 0 radical (unpaired) electrons. The zero-order valence-electron chi connectivity index (χ0n) is 7.61. The van der Waals surface area contributed by atoms with Gasteiger partial charge in [0.05, 0.1) is 12.4 Å². The Bertz CT molecular complexity index is 462. The van der Waals surface area contributed by atoms with E-state index in [4.69, 9.17) is 5.26 Å². The molecule has 0 spiro atoms. The molecular formula is C8H7BrN4O2. The first-order valence-corrected chi connectivity index (χ1v) is 4.78. The lowest BCUT2D eigenvalue weighted by Gasteiger charge is -2.04. The Hall–Kier alpha value is -1.68. The first kappa shape index (κ1) is 11.4. The molecule has 15 heavy (non-hydrogen) atoms. The van der Waals surface area contributed by atoms with Crippen molar-refractivity contribution in [3.05, 3.63) is 27.4 Å². The summed E-state index contributed by atoms with van der Waals surface area (Å²) >= 11 is 3.01. The number of carbonyl (C=O) groups excluding carboxylic acids is 1. The molecule has 1 rings (SSSR count). The van der Waals surface area contributed by atoms with Crippen LogP contribution in [0.3, 0.4) is 0 Å². The summed E-state index contributed by atoms with van der Waals surface area (Å²) < 4.78 is 1.44. The van der Waals surface area contributed by atoms with Crippen molar-refractivity contribution in [1.29, 1.82) is 5.26 Å². The van der Waals surface area contributed by atoms with E-state index < -0.39 is 5.91 Å². The summed E-state index contributed by atoms with van der Waals surface area (Å²) in [6.45, 7) is -0.220. The SMILES string of the molecule is N#CCNC(=O)Cn1cncc(Br)c1=O. The van der Waals surface area contributed by atoms with Gasteiger partial charge in [0.15, 0.2) is 0 Å². The molecule has 0 aliphatic heterocycles. The van der Waals surface area contributed by atoms with Crippen molar-refractivity contribution in [2.24, 2.45) is 0 Å². The van der Waals surface area contributed by atoms with E-state index in [1.54, 1.807) is 6.07 Å². The van der Waals surface area contributed by atoms with Gasteiger partial charge in [0, 0.05) is 6.20 Å². The van der Waals surface area contributed by atoms with E-state index >= 15 is 0 Å². The second kappa shape index (κ2) is 5.26. The number of aromatic nitrogens is 2. The second-order valence-corrected chi connectivity index (χ2v) is 3.46. The molecule has 0 fully saturated rings. The third-order valence-corrected chi connectivity index (χ3v) is 2.08. The second-order valence-electron chi connectivity index (χ2n) is 2.61. The zero-order valence-corrected chi connectivity index (χ0v) is 9.19. The molecule has 0 unspecified atom stereocenters. The zero-order chi connectivity index (χ0) is 11.3. The molecule has 6 nitrogen and oxygen atoms in total. The number of halogens is 1.